The summed E-state index contributed by atoms with van der Waals surface area (Å²) >= 11 is 1.32. The molecule has 3 rings (SSSR count). The van der Waals surface area contributed by atoms with Crippen molar-refractivity contribution >= 4 is 40.1 Å². The summed E-state index contributed by atoms with van der Waals surface area (Å²) in [5.41, 5.74) is 0.988. The minimum absolute atomic E-state index is 0.0895. The molecule has 0 saturated carbocycles. The molecule has 0 spiro atoms. The zero-order valence-electron chi connectivity index (χ0n) is 17.7. The molecule has 1 aliphatic heterocycles. The van der Waals surface area contributed by atoms with Crippen molar-refractivity contribution in [2.45, 2.75) is 40.5 Å². The van der Waals surface area contributed by atoms with Crippen LogP contribution in [0.5, 0.6) is 0 Å². The molecular formula is C21H26N6O2S. The van der Waals surface area contributed by atoms with Crippen LogP contribution >= 0.6 is 11.3 Å². The van der Waals surface area contributed by atoms with Crippen LogP contribution in [0.1, 0.15) is 40.5 Å². The molecule has 3 heterocycles. The van der Waals surface area contributed by atoms with Gasteiger partial charge in [-0.1, -0.05) is 0 Å². The number of fused-ring (bicyclic) bond motifs is 1. The minimum atomic E-state index is -0.392. The lowest BCUT2D eigenvalue weighted by Crippen LogP contribution is -2.42. The van der Waals surface area contributed by atoms with Crippen molar-refractivity contribution in [3.63, 3.8) is 0 Å². The second-order valence-corrected chi connectivity index (χ2v) is 9.00. The molecule has 0 aromatic carbocycles. The molecule has 0 unspecified atom stereocenters. The SMILES string of the molecule is C=NN(/C(C)=C(\C)C(=O)N1CCC(C(C)(C)C#N)CC1)c1nc2ccsc2c(=O)[nH]1. The van der Waals surface area contributed by atoms with Crippen molar-refractivity contribution in [3.8, 4) is 6.07 Å². The Hall–Kier alpha value is -2.99. The van der Waals surface area contributed by atoms with Gasteiger partial charge in [-0.2, -0.15) is 10.4 Å². The fourth-order valence-electron chi connectivity index (χ4n) is 3.74. The van der Waals surface area contributed by atoms with E-state index < -0.39 is 5.41 Å². The standard InChI is InChI=1S/C21H26N6O2S/c1-13(19(29)26-9-6-15(7-10-26)21(3,4)12-22)14(2)27(23-5)20-24-16-8-11-30-17(16)18(28)25-20/h8,11,15H,5-7,9-10H2,1-4H3,(H,24,25,28)/b14-13+. The monoisotopic (exact) mass is 426 g/mol. The number of hydrazone groups is 1. The maximum absolute atomic E-state index is 13.1. The number of aromatic amines is 1. The topological polar surface area (TPSA) is 105 Å². The number of hydrogen-bond acceptors (Lipinski definition) is 7. The van der Waals surface area contributed by atoms with E-state index in [-0.39, 0.29) is 23.3 Å². The number of H-pyrrole nitrogens is 1. The molecule has 2 aromatic heterocycles. The van der Waals surface area contributed by atoms with Crippen molar-refractivity contribution in [2.24, 2.45) is 16.4 Å². The number of allylic oxidation sites excluding steroid dienone is 1. The van der Waals surface area contributed by atoms with Crippen LogP contribution in [0, 0.1) is 22.7 Å². The van der Waals surface area contributed by atoms with Crippen LogP contribution in [0.2, 0.25) is 0 Å². The predicted molar refractivity (Wildman–Crippen MR) is 119 cm³/mol. The number of carbonyl (C=O) groups excluding carboxylic acids is 1. The molecule has 0 bridgehead atoms. The number of nitrogens with one attached hydrogen (secondary N) is 1. The highest BCUT2D eigenvalue weighted by Crippen LogP contribution is 2.34. The molecule has 1 N–H and O–H groups in total. The quantitative estimate of drug-likeness (QED) is 0.448. The highest BCUT2D eigenvalue weighted by molar-refractivity contribution is 7.17. The average molecular weight is 427 g/mol. The summed E-state index contributed by atoms with van der Waals surface area (Å²) in [6, 6.07) is 4.15. The van der Waals surface area contributed by atoms with E-state index in [1.54, 1.807) is 25.3 Å². The number of nitriles is 1. The van der Waals surface area contributed by atoms with Gasteiger partial charge in [0.25, 0.3) is 11.5 Å². The molecule has 0 atom stereocenters. The molecule has 1 fully saturated rings. The lowest BCUT2D eigenvalue weighted by molar-refractivity contribution is -0.128. The first kappa shape index (κ1) is 21.7. The summed E-state index contributed by atoms with van der Waals surface area (Å²) in [4.78, 5) is 34.4. The van der Waals surface area contributed by atoms with Gasteiger partial charge in [0.05, 0.1) is 22.7 Å². The summed E-state index contributed by atoms with van der Waals surface area (Å²) in [6.45, 7) is 12.2. The number of nitrogens with zero attached hydrogens (tertiary/aromatic N) is 5. The van der Waals surface area contributed by atoms with Crippen LogP contribution in [0.3, 0.4) is 0 Å². The molecule has 9 heteroatoms. The van der Waals surface area contributed by atoms with Gasteiger partial charge >= 0.3 is 0 Å². The van der Waals surface area contributed by atoms with E-state index in [0.29, 0.717) is 34.6 Å². The van der Waals surface area contributed by atoms with Crippen LogP contribution in [0.25, 0.3) is 10.2 Å². The molecule has 8 nitrogen and oxygen atoms in total. The first-order chi connectivity index (χ1) is 14.2. The smallest absolute Gasteiger partial charge is 0.270 e. The number of aromatic nitrogens is 2. The van der Waals surface area contributed by atoms with E-state index in [9.17, 15) is 14.9 Å². The Balaban J connectivity index is 1.82. The second-order valence-electron chi connectivity index (χ2n) is 8.09. The summed E-state index contributed by atoms with van der Waals surface area (Å²) in [6.07, 6.45) is 1.59. The van der Waals surface area contributed by atoms with Gasteiger partial charge in [0.1, 0.15) is 4.70 Å². The van der Waals surface area contributed by atoms with Gasteiger partial charge in [-0.25, -0.2) is 9.99 Å². The van der Waals surface area contributed by atoms with E-state index in [1.165, 1.54) is 16.3 Å². The number of thiophene rings is 1. The summed E-state index contributed by atoms with van der Waals surface area (Å²) in [7, 11) is 0. The molecule has 0 radical (unpaired) electrons. The first-order valence-electron chi connectivity index (χ1n) is 9.82. The number of likely N-dealkylation sites (tertiary alicyclic amines) is 1. The summed E-state index contributed by atoms with van der Waals surface area (Å²) in [5.74, 6) is 0.406. The van der Waals surface area contributed by atoms with Gasteiger partial charge in [0.2, 0.25) is 5.95 Å². The number of carbonyl (C=O) groups is 1. The fraction of sp³-hybridized carbons (Fsp3) is 0.476. The number of hydrogen-bond donors (Lipinski definition) is 1. The molecule has 0 aliphatic carbocycles. The van der Waals surface area contributed by atoms with E-state index in [2.05, 4.69) is 27.9 Å². The Morgan fingerprint density at radius 1 is 1.43 bits per heavy atom. The highest BCUT2D eigenvalue weighted by Gasteiger charge is 2.34. The van der Waals surface area contributed by atoms with Crippen LogP contribution in [0.4, 0.5) is 5.95 Å². The Morgan fingerprint density at radius 2 is 2.10 bits per heavy atom. The Bertz CT molecular complexity index is 1100. The van der Waals surface area contributed by atoms with Gasteiger partial charge in [-0.05, 0) is 57.9 Å². The van der Waals surface area contributed by atoms with Gasteiger partial charge in [-0.3, -0.25) is 14.6 Å². The third kappa shape index (κ3) is 4.00. The Labute approximate surface area is 179 Å². The number of piperidine rings is 1. The van der Waals surface area contributed by atoms with Crippen molar-refractivity contribution < 1.29 is 4.79 Å². The molecular weight excluding hydrogens is 400 g/mol. The number of rotatable bonds is 5. The largest absolute Gasteiger partial charge is 0.339 e. The average Bonchev–Trinajstić information content (AvgIpc) is 3.22. The lowest BCUT2D eigenvalue weighted by atomic mass is 9.75. The number of anilines is 1. The summed E-state index contributed by atoms with van der Waals surface area (Å²) < 4.78 is 0.542. The highest BCUT2D eigenvalue weighted by atomic mass is 32.1. The van der Waals surface area contributed by atoms with Gasteiger partial charge in [0, 0.05) is 25.4 Å². The van der Waals surface area contributed by atoms with E-state index in [0.717, 1.165) is 12.8 Å². The molecule has 1 amide bonds. The molecule has 158 valence electrons. The van der Waals surface area contributed by atoms with Crippen LogP contribution < -0.4 is 10.6 Å². The normalized spacial score (nSPS) is 16.2. The first-order valence-corrected chi connectivity index (χ1v) is 10.7. The van der Waals surface area contributed by atoms with Gasteiger partial charge < -0.3 is 4.90 Å². The second kappa shape index (κ2) is 8.40. The van der Waals surface area contributed by atoms with E-state index in [4.69, 9.17) is 0 Å². The third-order valence-electron chi connectivity index (χ3n) is 5.92. The van der Waals surface area contributed by atoms with E-state index in [1.807, 2.05) is 18.7 Å². The van der Waals surface area contributed by atoms with Crippen molar-refractivity contribution in [1.29, 1.82) is 5.26 Å². The third-order valence-corrected chi connectivity index (χ3v) is 6.82. The fourth-order valence-corrected chi connectivity index (χ4v) is 4.46. The van der Waals surface area contributed by atoms with Gasteiger partial charge in [-0.15, -0.1) is 11.3 Å². The molecule has 30 heavy (non-hydrogen) atoms. The minimum Gasteiger partial charge on any atom is -0.339 e. The summed E-state index contributed by atoms with van der Waals surface area (Å²) in [5, 5.41) is 16.5. The zero-order valence-corrected chi connectivity index (χ0v) is 18.5. The predicted octanol–water partition coefficient (Wildman–Crippen LogP) is 3.49. The number of amides is 1. The molecule has 1 saturated heterocycles. The van der Waals surface area contributed by atoms with Crippen LogP contribution in [-0.4, -0.2) is 40.6 Å². The van der Waals surface area contributed by atoms with Crippen molar-refractivity contribution in [1.82, 2.24) is 14.9 Å². The lowest BCUT2D eigenvalue weighted by Gasteiger charge is -2.37. The maximum Gasteiger partial charge on any atom is 0.270 e. The van der Waals surface area contributed by atoms with Crippen LogP contribution in [-0.2, 0) is 4.79 Å². The van der Waals surface area contributed by atoms with E-state index >= 15 is 0 Å². The van der Waals surface area contributed by atoms with Crippen molar-refractivity contribution in [3.05, 3.63) is 33.1 Å². The van der Waals surface area contributed by atoms with Gasteiger partial charge in [0.15, 0.2) is 0 Å². The van der Waals surface area contributed by atoms with Crippen molar-refractivity contribution in [2.75, 3.05) is 18.1 Å². The maximum atomic E-state index is 13.1. The molecule has 1 aliphatic rings. The molecule has 2 aromatic rings. The zero-order chi connectivity index (χ0) is 22.1. The Morgan fingerprint density at radius 3 is 2.70 bits per heavy atom. The Kier molecular flexibility index (Phi) is 6.08. The van der Waals surface area contributed by atoms with Crippen LogP contribution in [0.15, 0.2) is 32.6 Å².